The van der Waals surface area contributed by atoms with Crippen LogP contribution in [0.2, 0.25) is 0 Å². The molecule has 0 aliphatic rings. The van der Waals surface area contributed by atoms with Gasteiger partial charge in [-0.2, -0.15) is 0 Å². The summed E-state index contributed by atoms with van der Waals surface area (Å²) in [5.41, 5.74) is -0.106. The zero-order valence-corrected chi connectivity index (χ0v) is 19.9. The summed E-state index contributed by atoms with van der Waals surface area (Å²) in [5.74, 6) is 0.0906. The predicted molar refractivity (Wildman–Crippen MR) is 130 cm³/mol. The van der Waals surface area contributed by atoms with Gasteiger partial charge in [0.15, 0.2) is 0 Å². The lowest BCUT2D eigenvalue weighted by Crippen LogP contribution is -2.40. The number of rotatable bonds is 9. The molecule has 0 spiro atoms. The molecule has 4 rings (SSSR count). The first-order valence-corrected chi connectivity index (χ1v) is 11.7. The fourth-order valence-electron chi connectivity index (χ4n) is 3.78. The Balaban J connectivity index is 1.50. The molecule has 4 aromatic rings. The molecule has 0 fully saturated rings. The van der Waals surface area contributed by atoms with Crippen LogP contribution in [-0.2, 0) is 24.4 Å². The summed E-state index contributed by atoms with van der Waals surface area (Å²) in [6.07, 6.45) is 2.78. The van der Waals surface area contributed by atoms with E-state index < -0.39 is 17.1 Å². The Morgan fingerprint density at radius 2 is 1.85 bits per heavy atom. The number of aromatic nitrogens is 2. The van der Waals surface area contributed by atoms with E-state index in [2.05, 4.69) is 21.2 Å². The van der Waals surface area contributed by atoms with Crippen molar-refractivity contribution in [2.24, 2.45) is 0 Å². The minimum absolute atomic E-state index is 0.00603. The number of fused-ring (bicyclic) bond motifs is 1. The SMILES string of the molecule is O=C(CCCCn1c(=O)c2ccccc2n(Cc2ccc(Br)cc2F)c1=O)NCc1ccco1. The van der Waals surface area contributed by atoms with E-state index in [4.69, 9.17) is 4.42 Å². The third-order valence-corrected chi connectivity index (χ3v) is 6.04. The number of amides is 1. The number of hydrogen-bond donors (Lipinski definition) is 1. The molecular formula is C25H23BrFN3O4. The number of unbranched alkanes of at least 4 members (excludes halogenated alkanes) is 1. The van der Waals surface area contributed by atoms with Gasteiger partial charge in [-0.3, -0.25) is 18.7 Å². The van der Waals surface area contributed by atoms with E-state index in [9.17, 15) is 18.8 Å². The van der Waals surface area contributed by atoms with E-state index in [1.165, 1.54) is 15.2 Å². The minimum Gasteiger partial charge on any atom is -0.467 e. The van der Waals surface area contributed by atoms with Crippen molar-refractivity contribution in [1.29, 1.82) is 0 Å². The Morgan fingerprint density at radius 3 is 2.62 bits per heavy atom. The highest BCUT2D eigenvalue weighted by Gasteiger charge is 2.15. The van der Waals surface area contributed by atoms with Crippen LogP contribution in [0, 0.1) is 5.82 Å². The van der Waals surface area contributed by atoms with Gasteiger partial charge in [0.2, 0.25) is 5.91 Å². The van der Waals surface area contributed by atoms with Crippen LogP contribution in [0.1, 0.15) is 30.6 Å². The maximum absolute atomic E-state index is 14.5. The summed E-state index contributed by atoms with van der Waals surface area (Å²) >= 11 is 3.24. The number of carbonyl (C=O) groups excluding carboxylic acids is 1. The zero-order chi connectivity index (χ0) is 24.1. The maximum Gasteiger partial charge on any atom is 0.331 e. The van der Waals surface area contributed by atoms with Gasteiger partial charge in [0.25, 0.3) is 5.56 Å². The van der Waals surface area contributed by atoms with Crippen LogP contribution in [0.4, 0.5) is 4.39 Å². The van der Waals surface area contributed by atoms with Gasteiger partial charge in [0, 0.05) is 23.0 Å². The lowest BCUT2D eigenvalue weighted by atomic mass is 10.2. The Bertz CT molecular complexity index is 1430. The van der Waals surface area contributed by atoms with Crippen molar-refractivity contribution < 1.29 is 13.6 Å². The van der Waals surface area contributed by atoms with Crippen molar-refractivity contribution in [1.82, 2.24) is 14.5 Å². The van der Waals surface area contributed by atoms with E-state index in [-0.39, 0.29) is 25.4 Å². The van der Waals surface area contributed by atoms with Gasteiger partial charge in [-0.25, -0.2) is 9.18 Å². The molecule has 1 N–H and O–H groups in total. The Kier molecular flexibility index (Phi) is 7.42. The number of furan rings is 1. The first kappa shape index (κ1) is 23.7. The molecule has 0 saturated carbocycles. The van der Waals surface area contributed by atoms with Gasteiger partial charge in [0.05, 0.1) is 30.3 Å². The van der Waals surface area contributed by atoms with E-state index in [0.717, 1.165) is 0 Å². The van der Waals surface area contributed by atoms with Crippen molar-refractivity contribution >= 4 is 32.7 Å². The van der Waals surface area contributed by atoms with E-state index >= 15 is 0 Å². The monoisotopic (exact) mass is 527 g/mol. The van der Waals surface area contributed by atoms with Crippen LogP contribution in [0.25, 0.3) is 10.9 Å². The van der Waals surface area contributed by atoms with Crippen LogP contribution >= 0.6 is 15.9 Å². The van der Waals surface area contributed by atoms with Crippen molar-refractivity contribution in [2.45, 2.75) is 38.9 Å². The van der Waals surface area contributed by atoms with Gasteiger partial charge >= 0.3 is 5.69 Å². The number of hydrogen-bond acceptors (Lipinski definition) is 4. The zero-order valence-electron chi connectivity index (χ0n) is 18.3. The van der Waals surface area contributed by atoms with Crippen LogP contribution in [0.15, 0.2) is 79.3 Å². The molecule has 9 heteroatoms. The van der Waals surface area contributed by atoms with Gasteiger partial charge < -0.3 is 9.73 Å². The molecule has 0 aliphatic heterocycles. The summed E-state index contributed by atoms with van der Waals surface area (Å²) in [7, 11) is 0. The fourth-order valence-corrected chi connectivity index (χ4v) is 4.12. The molecule has 2 heterocycles. The molecule has 0 atom stereocenters. The molecule has 2 aromatic heterocycles. The standard InChI is InChI=1S/C25H23BrFN3O4/c26-18-11-10-17(21(27)14-18)16-30-22-8-2-1-7-20(22)24(32)29(25(30)33)12-4-3-9-23(31)28-15-19-6-5-13-34-19/h1-2,5-8,10-11,13-14H,3-4,9,12,15-16H2,(H,28,31). The second kappa shape index (κ2) is 10.6. The molecule has 2 aromatic carbocycles. The number of para-hydroxylation sites is 1. The highest BCUT2D eigenvalue weighted by atomic mass is 79.9. The third kappa shape index (κ3) is 5.36. The highest BCUT2D eigenvalue weighted by molar-refractivity contribution is 9.10. The molecular weight excluding hydrogens is 505 g/mol. The summed E-state index contributed by atoms with van der Waals surface area (Å²) in [6.45, 7) is 0.470. The number of carbonyl (C=O) groups is 1. The second-order valence-electron chi connectivity index (χ2n) is 7.89. The lowest BCUT2D eigenvalue weighted by Gasteiger charge is -2.15. The average molecular weight is 528 g/mol. The Labute approximate surface area is 203 Å². The molecule has 176 valence electrons. The second-order valence-corrected chi connectivity index (χ2v) is 8.81. The Morgan fingerprint density at radius 1 is 1.03 bits per heavy atom. The van der Waals surface area contributed by atoms with Gasteiger partial charge in [-0.1, -0.05) is 34.1 Å². The quantitative estimate of drug-likeness (QED) is 0.330. The number of nitrogens with zero attached hydrogens (tertiary/aromatic N) is 2. The number of benzene rings is 2. The molecule has 1 amide bonds. The summed E-state index contributed by atoms with van der Waals surface area (Å²) in [6, 6.07) is 15.0. The minimum atomic E-state index is -0.506. The van der Waals surface area contributed by atoms with Gasteiger partial charge in [0.1, 0.15) is 11.6 Å². The van der Waals surface area contributed by atoms with Gasteiger partial charge in [-0.15, -0.1) is 0 Å². The van der Waals surface area contributed by atoms with E-state index in [1.807, 2.05) is 0 Å². The normalized spacial score (nSPS) is 11.1. The third-order valence-electron chi connectivity index (χ3n) is 5.55. The summed E-state index contributed by atoms with van der Waals surface area (Å²) < 4.78 is 22.8. The summed E-state index contributed by atoms with van der Waals surface area (Å²) in [4.78, 5) is 38.3. The Hall–Kier alpha value is -3.46. The van der Waals surface area contributed by atoms with Crippen LogP contribution < -0.4 is 16.6 Å². The first-order chi connectivity index (χ1) is 16.4. The molecule has 0 unspecified atom stereocenters. The van der Waals surface area contributed by atoms with Crippen molar-refractivity contribution in [3.8, 4) is 0 Å². The lowest BCUT2D eigenvalue weighted by molar-refractivity contribution is -0.121. The van der Waals surface area contributed by atoms with Crippen LogP contribution in [0.3, 0.4) is 0 Å². The molecule has 34 heavy (non-hydrogen) atoms. The number of nitrogens with one attached hydrogen (secondary N) is 1. The van der Waals surface area contributed by atoms with E-state index in [0.29, 0.717) is 46.1 Å². The largest absolute Gasteiger partial charge is 0.467 e. The van der Waals surface area contributed by atoms with Crippen LogP contribution in [-0.4, -0.2) is 15.0 Å². The van der Waals surface area contributed by atoms with Crippen molar-refractivity contribution in [2.75, 3.05) is 0 Å². The van der Waals surface area contributed by atoms with Crippen LogP contribution in [0.5, 0.6) is 0 Å². The number of halogens is 2. The molecule has 0 aliphatic carbocycles. The molecule has 0 saturated heterocycles. The fraction of sp³-hybridized carbons (Fsp3) is 0.240. The predicted octanol–water partition coefficient (Wildman–Crippen LogP) is 4.19. The van der Waals surface area contributed by atoms with Gasteiger partial charge in [-0.05, 0) is 49.2 Å². The highest BCUT2D eigenvalue weighted by Crippen LogP contribution is 2.17. The summed E-state index contributed by atoms with van der Waals surface area (Å²) in [5, 5.41) is 3.16. The first-order valence-electron chi connectivity index (χ1n) is 10.9. The smallest absolute Gasteiger partial charge is 0.331 e. The van der Waals surface area contributed by atoms with E-state index in [1.54, 1.807) is 54.8 Å². The average Bonchev–Trinajstić information content (AvgIpc) is 3.35. The molecule has 0 radical (unpaired) electrons. The van der Waals surface area contributed by atoms with Crippen molar-refractivity contribution in [3.05, 3.63) is 103 Å². The topological polar surface area (TPSA) is 86.2 Å². The van der Waals surface area contributed by atoms with Crippen molar-refractivity contribution in [3.63, 3.8) is 0 Å². The molecule has 7 nitrogen and oxygen atoms in total. The molecule has 0 bridgehead atoms. The maximum atomic E-state index is 14.5.